The summed E-state index contributed by atoms with van der Waals surface area (Å²) in [7, 11) is 1.27. The van der Waals surface area contributed by atoms with Crippen molar-refractivity contribution in [3.63, 3.8) is 0 Å². The van der Waals surface area contributed by atoms with Crippen molar-refractivity contribution in [1.82, 2.24) is 0 Å². The summed E-state index contributed by atoms with van der Waals surface area (Å²) in [5, 5.41) is 5.98. The van der Waals surface area contributed by atoms with Crippen LogP contribution in [0.15, 0.2) is 42.5 Å². The van der Waals surface area contributed by atoms with Crippen molar-refractivity contribution in [2.75, 3.05) is 24.3 Å². The number of nitrogens with one attached hydrogen (secondary N) is 2. The van der Waals surface area contributed by atoms with Crippen LogP contribution in [0.4, 0.5) is 15.8 Å². The summed E-state index contributed by atoms with van der Waals surface area (Å²) in [6.07, 6.45) is 0.177. The monoisotopic (exact) mass is 350 g/mol. The second-order valence-corrected chi connectivity index (χ2v) is 5.33. The maximum atomic E-state index is 12.8. The quantitative estimate of drug-likeness (QED) is 0.779. The molecule has 0 aromatic heterocycles. The standard InChI is InChI=1S/C17H16ClFN2O3/c1-24-17(23)11-2-7-14(18)15(10-11)21-16(22)8-9-20-13-5-3-12(19)4-6-13/h2-7,10,20H,8-9H2,1H3,(H,21,22). The molecule has 0 bridgehead atoms. The summed E-state index contributed by atoms with van der Waals surface area (Å²) in [6.45, 7) is 0.367. The number of amides is 1. The van der Waals surface area contributed by atoms with E-state index in [1.165, 1.54) is 37.4 Å². The Bertz CT molecular complexity index is 735. The third-order valence-corrected chi connectivity index (χ3v) is 3.52. The van der Waals surface area contributed by atoms with Gasteiger partial charge in [0.1, 0.15) is 5.82 Å². The second-order valence-electron chi connectivity index (χ2n) is 4.92. The molecule has 0 atom stereocenters. The third kappa shape index (κ3) is 4.96. The first-order valence-corrected chi connectivity index (χ1v) is 7.54. The van der Waals surface area contributed by atoms with Crippen LogP contribution in [-0.4, -0.2) is 25.5 Å². The van der Waals surface area contributed by atoms with E-state index in [-0.39, 0.29) is 18.1 Å². The Kier molecular flexibility index (Phi) is 6.14. The van der Waals surface area contributed by atoms with E-state index in [1.54, 1.807) is 12.1 Å². The molecule has 7 heteroatoms. The van der Waals surface area contributed by atoms with Gasteiger partial charge in [-0.15, -0.1) is 0 Å². The van der Waals surface area contributed by atoms with E-state index in [4.69, 9.17) is 11.6 Å². The lowest BCUT2D eigenvalue weighted by molar-refractivity contribution is -0.115. The van der Waals surface area contributed by atoms with E-state index in [2.05, 4.69) is 15.4 Å². The van der Waals surface area contributed by atoms with Gasteiger partial charge in [-0.05, 0) is 42.5 Å². The smallest absolute Gasteiger partial charge is 0.337 e. The number of rotatable bonds is 6. The molecule has 0 saturated heterocycles. The van der Waals surface area contributed by atoms with Crippen molar-refractivity contribution >= 4 is 34.9 Å². The summed E-state index contributed by atoms with van der Waals surface area (Å²) in [5.41, 5.74) is 1.35. The number of hydrogen-bond donors (Lipinski definition) is 2. The van der Waals surface area contributed by atoms with Gasteiger partial charge >= 0.3 is 5.97 Å². The summed E-state index contributed by atoms with van der Waals surface area (Å²) >= 11 is 6.01. The Balaban J connectivity index is 1.90. The van der Waals surface area contributed by atoms with Gasteiger partial charge < -0.3 is 15.4 Å². The molecule has 1 amide bonds. The summed E-state index contributed by atoms with van der Waals surface area (Å²) in [6, 6.07) is 10.3. The zero-order valence-corrected chi connectivity index (χ0v) is 13.7. The molecule has 0 fully saturated rings. The van der Waals surface area contributed by atoms with E-state index in [1.807, 2.05) is 0 Å². The molecule has 0 aliphatic rings. The molecule has 5 nitrogen and oxygen atoms in total. The van der Waals surface area contributed by atoms with E-state index in [9.17, 15) is 14.0 Å². The highest BCUT2D eigenvalue weighted by molar-refractivity contribution is 6.33. The van der Waals surface area contributed by atoms with Crippen molar-refractivity contribution < 1.29 is 18.7 Å². The van der Waals surface area contributed by atoms with Gasteiger partial charge in [0, 0.05) is 18.7 Å². The zero-order chi connectivity index (χ0) is 17.5. The molecular weight excluding hydrogens is 335 g/mol. The summed E-state index contributed by atoms with van der Waals surface area (Å²) < 4.78 is 17.4. The largest absolute Gasteiger partial charge is 0.465 e. The molecule has 0 aliphatic carbocycles. The van der Waals surface area contributed by atoms with Gasteiger partial charge in [-0.3, -0.25) is 4.79 Å². The van der Waals surface area contributed by atoms with E-state index in [0.29, 0.717) is 22.8 Å². The van der Waals surface area contributed by atoms with Gasteiger partial charge in [0.05, 0.1) is 23.4 Å². The van der Waals surface area contributed by atoms with Gasteiger partial charge in [0.15, 0.2) is 0 Å². The van der Waals surface area contributed by atoms with Crippen LogP contribution in [0.5, 0.6) is 0 Å². The minimum absolute atomic E-state index is 0.177. The third-order valence-electron chi connectivity index (χ3n) is 3.19. The Hall–Kier alpha value is -2.60. The van der Waals surface area contributed by atoms with Gasteiger partial charge in [-0.1, -0.05) is 11.6 Å². The summed E-state index contributed by atoms with van der Waals surface area (Å²) in [4.78, 5) is 23.5. The van der Waals surface area contributed by atoms with Crippen LogP contribution in [0.1, 0.15) is 16.8 Å². The number of anilines is 2. The minimum Gasteiger partial charge on any atom is -0.465 e. The Labute approximate surface area is 143 Å². The molecule has 0 spiro atoms. The molecule has 2 aromatic carbocycles. The van der Waals surface area contributed by atoms with Gasteiger partial charge in [0.25, 0.3) is 0 Å². The Morgan fingerprint density at radius 3 is 2.54 bits per heavy atom. The average molecular weight is 351 g/mol. The topological polar surface area (TPSA) is 67.4 Å². The highest BCUT2D eigenvalue weighted by atomic mass is 35.5. The van der Waals surface area contributed by atoms with Crippen LogP contribution in [-0.2, 0) is 9.53 Å². The minimum atomic E-state index is -0.514. The first-order chi connectivity index (χ1) is 11.5. The molecule has 0 unspecified atom stereocenters. The number of carbonyl (C=O) groups is 2. The number of esters is 1. The lowest BCUT2D eigenvalue weighted by atomic mass is 10.2. The molecule has 2 aromatic rings. The second kappa shape index (κ2) is 8.31. The fourth-order valence-corrected chi connectivity index (χ4v) is 2.13. The van der Waals surface area contributed by atoms with Crippen molar-refractivity contribution in [3.8, 4) is 0 Å². The van der Waals surface area contributed by atoms with Crippen LogP contribution in [0.3, 0.4) is 0 Å². The molecule has 0 radical (unpaired) electrons. The first-order valence-electron chi connectivity index (χ1n) is 7.17. The highest BCUT2D eigenvalue weighted by Crippen LogP contribution is 2.23. The number of ether oxygens (including phenoxy) is 1. The fraction of sp³-hybridized carbons (Fsp3) is 0.176. The number of benzene rings is 2. The highest BCUT2D eigenvalue weighted by Gasteiger charge is 2.11. The number of halogens is 2. The fourth-order valence-electron chi connectivity index (χ4n) is 1.97. The average Bonchev–Trinajstić information content (AvgIpc) is 2.58. The summed E-state index contributed by atoms with van der Waals surface area (Å²) in [5.74, 6) is -1.10. The normalized spacial score (nSPS) is 10.1. The molecule has 0 saturated carbocycles. The zero-order valence-electron chi connectivity index (χ0n) is 12.9. The molecular formula is C17H16ClFN2O3. The van der Waals surface area contributed by atoms with Gasteiger partial charge in [-0.2, -0.15) is 0 Å². The molecule has 2 N–H and O–H groups in total. The molecule has 0 aliphatic heterocycles. The van der Waals surface area contributed by atoms with Crippen LogP contribution >= 0.6 is 11.6 Å². The Morgan fingerprint density at radius 1 is 1.17 bits per heavy atom. The maximum absolute atomic E-state index is 12.8. The van der Waals surface area contributed by atoms with E-state index in [0.717, 1.165) is 5.69 Å². The molecule has 24 heavy (non-hydrogen) atoms. The predicted octanol–water partition coefficient (Wildman–Crippen LogP) is 3.71. The van der Waals surface area contributed by atoms with Crippen molar-refractivity contribution in [1.29, 1.82) is 0 Å². The van der Waals surface area contributed by atoms with Crippen molar-refractivity contribution in [2.45, 2.75) is 6.42 Å². The lowest BCUT2D eigenvalue weighted by Crippen LogP contribution is -2.17. The predicted molar refractivity (Wildman–Crippen MR) is 90.9 cm³/mol. The van der Waals surface area contributed by atoms with Gasteiger partial charge in [-0.25, -0.2) is 9.18 Å². The molecule has 0 heterocycles. The number of methoxy groups -OCH3 is 1. The van der Waals surface area contributed by atoms with Crippen molar-refractivity contribution in [2.24, 2.45) is 0 Å². The SMILES string of the molecule is COC(=O)c1ccc(Cl)c(NC(=O)CCNc2ccc(F)cc2)c1. The van der Waals surface area contributed by atoms with E-state index < -0.39 is 5.97 Å². The van der Waals surface area contributed by atoms with Gasteiger partial charge in [0.2, 0.25) is 5.91 Å². The maximum Gasteiger partial charge on any atom is 0.337 e. The van der Waals surface area contributed by atoms with Crippen LogP contribution < -0.4 is 10.6 Å². The van der Waals surface area contributed by atoms with Crippen LogP contribution in [0.2, 0.25) is 5.02 Å². The van der Waals surface area contributed by atoms with E-state index >= 15 is 0 Å². The number of hydrogen-bond acceptors (Lipinski definition) is 4. The molecule has 126 valence electrons. The number of carbonyl (C=O) groups excluding carboxylic acids is 2. The lowest BCUT2D eigenvalue weighted by Gasteiger charge is -2.10. The van der Waals surface area contributed by atoms with Crippen LogP contribution in [0, 0.1) is 5.82 Å². The molecule has 2 rings (SSSR count). The Morgan fingerprint density at radius 2 is 1.88 bits per heavy atom. The first kappa shape index (κ1) is 17.7. The van der Waals surface area contributed by atoms with Crippen LogP contribution in [0.25, 0.3) is 0 Å². The van der Waals surface area contributed by atoms with Crippen molar-refractivity contribution in [3.05, 3.63) is 58.9 Å².